The predicted octanol–water partition coefficient (Wildman–Crippen LogP) is -0.121. The highest BCUT2D eigenvalue weighted by atomic mass is 16.2. The van der Waals surface area contributed by atoms with E-state index in [0.29, 0.717) is 30.2 Å². The normalized spacial score (nSPS) is 10.9. The summed E-state index contributed by atoms with van der Waals surface area (Å²) in [6, 6.07) is 5.63. The van der Waals surface area contributed by atoms with Crippen LogP contribution in [0.5, 0.6) is 0 Å². The lowest BCUT2D eigenvalue weighted by atomic mass is 10.4. The number of nitrogens with one attached hydrogen (secondary N) is 3. The lowest BCUT2D eigenvalue weighted by Crippen LogP contribution is -2.36. The summed E-state index contributed by atoms with van der Waals surface area (Å²) in [7, 11) is 3.02. The monoisotopic (exact) mass is 315 g/mol. The number of rotatable bonds is 5. The Morgan fingerprint density at radius 3 is 2.65 bits per heavy atom. The highest BCUT2D eigenvalue weighted by Gasteiger charge is 2.12. The van der Waals surface area contributed by atoms with E-state index in [1.54, 1.807) is 13.2 Å². The number of hydrogen-bond acceptors (Lipinski definition) is 6. The molecule has 3 rings (SSSR count). The first kappa shape index (κ1) is 14.8. The van der Waals surface area contributed by atoms with Gasteiger partial charge in [-0.25, -0.2) is 9.78 Å². The SMILES string of the molecule is Cn1c(=O)c2[nH]c(NCCNc3ccccn3)nc2n(C)c1=O. The molecule has 0 spiro atoms. The van der Waals surface area contributed by atoms with Gasteiger partial charge in [0.25, 0.3) is 5.56 Å². The van der Waals surface area contributed by atoms with E-state index in [-0.39, 0.29) is 0 Å². The second-order valence-electron chi connectivity index (χ2n) is 5.06. The lowest BCUT2D eigenvalue weighted by Gasteiger charge is -2.05. The summed E-state index contributed by atoms with van der Waals surface area (Å²) >= 11 is 0. The molecule has 3 N–H and O–H groups in total. The molecule has 0 unspecified atom stereocenters. The van der Waals surface area contributed by atoms with E-state index < -0.39 is 11.2 Å². The van der Waals surface area contributed by atoms with Crippen molar-refractivity contribution in [3.05, 3.63) is 45.2 Å². The third-order valence-corrected chi connectivity index (χ3v) is 3.48. The maximum absolute atomic E-state index is 12.1. The van der Waals surface area contributed by atoms with Gasteiger partial charge in [-0.3, -0.25) is 13.9 Å². The molecule has 120 valence electrons. The van der Waals surface area contributed by atoms with E-state index >= 15 is 0 Å². The minimum Gasteiger partial charge on any atom is -0.368 e. The number of nitrogens with zero attached hydrogens (tertiary/aromatic N) is 4. The molecular formula is C14H17N7O2. The molecule has 0 radical (unpaired) electrons. The van der Waals surface area contributed by atoms with E-state index in [0.717, 1.165) is 10.4 Å². The van der Waals surface area contributed by atoms with Crippen molar-refractivity contribution in [3.8, 4) is 0 Å². The molecule has 3 heterocycles. The molecule has 0 aromatic carbocycles. The van der Waals surface area contributed by atoms with Crippen LogP contribution >= 0.6 is 0 Å². The fourth-order valence-corrected chi connectivity index (χ4v) is 2.25. The molecule has 0 amide bonds. The van der Waals surface area contributed by atoms with Gasteiger partial charge in [-0.1, -0.05) is 6.07 Å². The molecule has 0 aliphatic carbocycles. The van der Waals surface area contributed by atoms with Gasteiger partial charge in [0.1, 0.15) is 5.82 Å². The number of H-pyrrole nitrogens is 1. The Kier molecular flexibility index (Phi) is 3.83. The van der Waals surface area contributed by atoms with Crippen LogP contribution in [0.3, 0.4) is 0 Å². The minimum absolute atomic E-state index is 0.301. The van der Waals surface area contributed by atoms with Crippen molar-refractivity contribution in [2.75, 3.05) is 23.7 Å². The average Bonchev–Trinajstić information content (AvgIpc) is 3.00. The van der Waals surface area contributed by atoms with Gasteiger partial charge in [-0.05, 0) is 12.1 Å². The van der Waals surface area contributed by atoms with Gasteiger partial charge in [0.05, 0.1) is 0 Å². The Bertz CT molecular complexity index is 939. The first-order valence-electron chi connectivity index (χ1n) is 7.12. The van der Waals surface area contributed by atoms with Gasteiger partial charge >= 0.3 is 5.69 Å². The van der Waals surface area contributed by atoms with Crippen LogP contribution in [0.25, 0.3) is 11.2 Å². The molecule has 9 heteroatoms. The second-order valence-corrected chi connectivity index (χ2v) is 5.06. The molecule has 0 aliphatic rings. The van der Waals surface area contributed by atoms with E-state index in [1.165, 1.54) is 11.6 Å². The molecule has 9 nitrogen and oxygen atoms in total. The number of aryl methyl sites for hydroxylation is 1. The Morgan fingerprint density at radius 2 is 1.91 bits per heavy atom. The number of aromatic amines is 1. The lowest BCUT2D eigenvalue weighted by molar-refractivity contribution is 0.709. The predicted molar refractivity (Wildman–Crippen MR) is 87.8 cm³/mol. The third kappa shape index (κ3) is 2.80. The van der Waals surface area contributed by atoms with Crippen molar-refractivity contribution in [1.29, 1.82) is 0 Å². The van der Waals surface area contributed by atoms with Crippen LogP contribution in [-0.4, -0.2) is 37.2 Å². The molecule has 23 heavy (non-hydrogen) atoms. The van der Waals surface area contributed by atoms with Crippen LogP contribution < -0.4 is 21.9 Å². The number of anilines is 2. The van der Waals surface area contributed by atoms with E-state index in [1.807, 2.05) is 18.2 Å². The van der Waals surface area contributed by atoms with Crippen LogP contribution in [0.15, 0.2) is 34.0 Å². The van der Waals surface area contributed by atoms with Crippen molar-refractivity contribution in [2.45, 2.75) is 0 Å². The van der Waals surface area contributed by atoms with Crippen LogP contribution in [0.4, 0.5) is 11.8 Å². The number of imidazole rings is 1. The molecule has 3 aromatic rings. The maximum Gasteiger partial charge on any atom is 0.332 e. The molecule has 0 atom stereocenters. The van der Waals surface area contributed by atoms with Gasteiger partial charge in [-0.15, -0.1) is 0 Å². The molecule has 3 aromatic heterocycles. The summed E-state index contributed by atoms with van der Waals surface area (Å²) in [6.45, 7) is 1.20. The first-order valence-corrected chi connectivity index (χ1v) is 7.12. The van der Waals surface area contributed by atoms with Gasteiger partial charge in [0.2, 0.25) is 5.95 Å². The smallest absolute Gasteiger partial charge is 0.332 e. The van der Waals surface area contributed by atoms with Gasteiger partial charge < -0.3 is 15.6 Å². The van der Waals surface area contributed by atoms with Gasteiger partial charge in [-0.2, -0.15) is 4.98 Å². The molecular weight excluding hydrogens is 298 g/mol. The zero-order valence-corrected chi connectivity index (χ0v) is 12.8. The molecule has 0 saturated heterocycles. The largest absolute Gasteiger partial charge is 0.368 e. The minimum atomic E-state index is -0.405. The molecule has 0 saturated carbocycles. The van der Waals surface area contributed by atoms with Crippen molar-refractivity contribution >= 4 is 22.9 Å². The Hall–Kier alpha value is -3.10. The molecule has 0 aliphatic heterocycles. The van der Waals surface area contributed by atoms with Crippen LogP contribution in [0.2, 0.25) is 0 Å². The Morgan fingerprint density at radius 1 is 1.13 bits per heavy atom. The third-order valence-electron chi connectivity index (χ3n) is 3.48. The summed E-state index contributed by atoms with van der Waals surface area (Å²) < 4.78 is 2.39. The van der Waals surface area contributed by atoms with Crippen LogP contribution in [0, 0.1) is 0 Å². The van der Waals surface area contributed by atoms with Crippen molar-refractivity contribution in [2.24, 2.45) is 14.1 Å². The number of pyridine rings is 1. The second kappa shape index (κ2) is 5.95. The zero-order chi connectivity index (χ0) is 16.4. The van der Waals surface area contributed by atoms with Crippen LogP contribution in [0.1, 0.15) is 0 Å². The standard InChI is InChI=1S/C14H17N7O2/c1-20-11-10(12(22)21(2)14(20)23)18-13(19-11)17-8-7-16-9-5-3-4-6-15-9/h3-6H,7-8H2,1-2H3,(H,15,16)(H2,17,18,19). The Labute approximate surface area is 131 Å². The van der Waals surface area contributed by atoms with Gasteiger partial charge in [0, 0.05) is 33.4 Å². The van der Waals surface area contributed by atoms with E-state index in [9.17, 15) is 9.59 Å². The number of aromatic nitrogens is 5. The summed E-state index contributed by atoms with van der Waals surface area (Å²) in [6.07, 6.45) is 1.71. The fraction of sp³-hybridized carbons (Fsp3) is 0.286. The van der Waals surface area contributed by atoms with Crippen LogP contribution in [-0.2, 0) is 14.1 Å². The highest BCUT2D eigenvalue weighted by Crippen LogP contribution is 2.07. The number of fused-ring (bicyclic) bond motifs is 1. The Balaban J connectivity index is 1.72. The first-order chi connectivity index (χ1) is 11.1. The quantitative estimate of drug-likeness (QED) is 0.566. The van der Waals surface area contributed by atoms with E-state index in [4.69, 9.17) is 0 Å². The van der Waals surface area contributed by atoms with Crippen molar-refractivity contribution in [3.63, 3.8) is 0 Å². The summed E-state index contributed by atoms with van der Waals surface area (Å²) in [5, 5.41) is 6.23. The summed E-state index contributed by atoms with van der Waals surface area (Å²) in [5.41, 5.74) is -0.166. The molecule has 0 fully saturated rings. The number of hydrogen-bond donors (Lipinski definition) is 3. The molecule has 0 bridgehead atoms. The van der Waals surface area contributed by atoms with E-state index in [2.05, 4.69) is 25.6 Å². The highest BCUT2D eigenvalue weighted by molar-refractivity contribution is 5.72. The topological polar surface area (TPSA) is 110 Å². The maximum atomic E-state index is 12.1. The fourth-order valence-electron chi connectivity index (χ4n) is 2.25. The van der Waals surface area contributed by atoms with Gasteiger partial charge in [0.15, 0.2) is 11.2 Å². The average molecular weight is 315 g/mol. The van der Waals surface area contributed by atoms with Crippen molar-refractivity contribution < 1.29 is 0 Å². The summed E-state index contributed by atoms with van der Waals surface area (Å²) in [5.74, 6) is 1.23. The zero-order valence-electron chi connectivity index (χ0n) is 12.8. The van der Waals surface area contributed by atoms with Crippen molar-refractivity contribution in [1.82, 2.24) is 24.1 Å². The summed E-state index contributed by atoms with van der Waals surface area (Å²) in [4.78, 5) is 35.3.